The van der Waals surface area contributed by atoms with Gasteiger partial charge in [0.1, 0.15) is 5.82 Å². The molecular formula is C14H21FN2O. The van der Waals surface area contributed by atoms with Crippen LogP contribution in [-0.4, -0.2) is 12.7 Å². The molecule has 1 fully saturated rings. The van der Waals surface area contributed by atoms with Gasteiger partial charge < -0.3 is 4.74 Å². The molecule has 0 bridgehead atoms. The molecule has 0 radical (unpaired) electrons. The fourth-order valence-corrected chi connectivity index (χ4v) is 2.86. The van der Waals surface area contributed by atoms with Gasteiger partial charge in [0.05, 0.1) is 18.8 Å². The van der Waals surface area contributed by atoms with Crippen LogP contribution in [0.3, 0.4) is 0 Å². The van der Waals surface area contributed by atoms with Crippen molar-refractivity contribution in [3.05, 3.63) is 34.6 Å². The number of nitrogens with one attached hydrogen (secondary N) is 1. The molecule has 3 nitrogen and oxygen atoms in total. The highest BCUT2D eigenvalue weighted by Crippen LogP contribution is 2.34. The number of nitrogens with two attached hydrogens (primary N) is 1. The number of aryl methyl sites for hydroxylation is 2. The Morgan fingerprint density at radius 2 is 2.17 bits per heavy atom. The van der Waals surface area contributed by atoms with Crippen molar-refractivity contribution < 1.29 is 9.13 Å². The zero-order chi connectivity index (χ0) is 13.3. The molecule has 0 spiro atoms. The molecule has 0 aromatic heterocycles. The quantitative estimate of drug-likeness (QED) is 0.641. The summed E-state index contributed by atoms with van der Waals surface area (Å²) in [4.78, 5) is 0. The largest absolute Gasteiger partial charge is 0.378 e. The van der Waals surface area contributed by atoms with Crippen molar-refractivity contribution in [2.45, 2.75) is 39.3 Å². The third kappa shape index (κ3) is 2.55. The maximum absolute atomic E-state index is 14.2. The topological polar surface area (TPSA) is 47.3 Å². The molecule has 0 amide bonds. The molecule has 1 aliphatic rings. The molecule has 1 aliphatic heterocycles. The highest BCUT2D eigenvalue weighted by Gasteiger charge is 2.32. The standard InChI is InChI=1S/C14H21FN2O/c1-8-4-9(2)13(12(15)5-8)14(17-16)11-6-10(3)18-7-11/h4-5,10-11,14,17H,6-7,16H2,1-3H3. The molecule has 3 N–H and O–H groups in total. The Balaban J connectivity index is 2.33. The summed E-state index contributed by atoms with van der Waals surface area (Å²) in [6.45, 7) is 6.48. The molecule has 0 aliphatic carbocycles. The van der Waals surface area contributed by atoms with Crippen molar-refractivity contribution in [1.29, 1.82) is 0 Å². The first kappa shape index (κ1) is 13.5. The van der Waals surface area contributed by atoms with Crippen LogP contribution in [0.25, 0.3) is 0 Å². The predicted molar refractivity (Wildman–Crippen MR) is 69.5 cm³/mol. The molecule has 18 heavy (non-hydrogen) atoms. The minimum atomic E-state index is -0.185. The van der Waals surface area contributed by atoms with Crippen LogP contribution >= 0.6 is 0 Å². The lowest BCUT2D eigenvalue weighted by molar-refractivity contribution is 0.116. The fraction of sp³-hybridized carbons (Fsp3) is 0.571. The third-order valence-corrected chi connectivity index (χ3v) is 3.67. The lowest BCUT2D eigenvalue weighted by Gasteiger charge is -2.24. The number of hydrazine groups is 1. The summed E-state index contributed by atoms with van der Waals surface area (Å²) < 4.78 is 19.7. The van der Waals surface area contributed by atoms with Crippen molar-refractivity contribution in [3.63, 3.8) is 0 Å². The number of benzene rings is 1. The van der Waals surface area contributed by atoms with E-state index < -0.39 is 0 Å². The van der Waals surface area contributed by atoms with Crippen LogP contribution in [0.1, 0.15) is 36.1 Å². The van der Waals surface area contributed by atoms with Gasteiger partial charge in [0.25, 0.3) is 0 Å². The molecule has 4 heteroatoms. The molecule has 3 atom stereocenters. The molecule has 0 saturated carbocycles. The highest BCUT2D eigenvalue weighted by molar-refractivity contribution is 5.34. The second-order valence-corrected chi connectivity index (χ2v) is 5.26. The fourth-order valence-electron chi connectivity index (χ4n) is 2.86. The lowest BCUT2D eigenvalue weighted by Crippen LogP contribution is -2.35. The molecule has 1 aromatic carbocycles. The SMILES string of the molecule is Cc1cc(C)c(C(NN)C2COC(C)C2)c(F)c1. The number of rotatable bonds is 3. The van der Waals surface area contributed by atoms with E-state index >= 15 is 0 Å². The van der Waals surface area contributed by atoms with E-state index in [1.165, 1.54) is 0 Å². The van der Waals surface area contributed by atoms with Gasteiger partial charge in [0.2, 0.25) is 0 Å². The Morgan fingerprint density at radius 1 is 1.44 bits per heavy atom. The third-order valence-electron chi connectivity index (χ3n) is 3.67. The van der Waals surface area contributed by atoms with E-state index in [4.69, 9.17) is 10.6 Å². The average Bonchev–Trinajstić information content (AvgIpc) is 2.69. The monoisotopic (exact) mass is 252 g/mol. The van der Waals surface area contributed by atoms with Crippen LogP contribution in [0.15, 0.2) is 12.1 Å². The van der Waals surface area contributed by atoms with Crippen molar-refractivity contribution in [2.75, 3.05) is 6.61 Å². The summed E-state index contributed by atoms with van der Waals surface area (Å²) in [6.07, 6.45) is 1.13. The van der Waals surface area contributed by atoms with E-state index in [0.29, 0.717) is 12.2 Å². The van der Waals surface area contributed by atoms with E-state index in [2.05, 4.69) is 5.43 Å². The Hall–Kier alpha value is -0.970. The van der Waals surface area contributed by atoms with Gasteiger partial charge in [-0.1, -0.05) is 6.07 Å². The Bertz CT molecular complexity index is 413. The molecule has 2 rings (SSSR count). The summed E-state index contributed by atoms with van der Waals surface area (Å²) in [5, 5.41) is 0. The summed E-state index contributed by atoms with van der Waals surface area (Å²) in [6, 6.07) is 3.36. The smallest absolute Gasteiger partial charge is 0.128 e. The first-order valence-electron chi connectivity index (χ1n) is 6.37. The maximum atomic E-state index is 14.2. The van der Waals surface area contributed by atoms with E-state index in [-0.39, 0.29) is 23.9 Å². The van der Waals surface area contributed by atoms with Crippen LogP contribution in [0.5, 0.6) is 0 Å². The second-order valence-electron chi connectivity index (χ2n) is 5.26. The molecule has 1 saturated heterocycles. The van der Waals surface area contributed by atoms with E-state index in [9.17, 15) is 4.39 Å². The lowest BCUT2D eigenvalue weighted by atomic mass is 9.88. The zero-order valence-electron chi connectivity index (χ0n) is 11.2. The van der Waals surface area contributed by atoms with Crippen molar-refractivity contribution in [1.82, 2.24) is 5.43 Å². The summed E-state index contributed by atoms with van der Waals surface area (Å²) in [5.74, 6) is 5.67. The van der Waals surface area contributed by atoms with Gasteiger partial charge >= 0.3 is 0 Å². The maximum Gasteiger partial charge on any atom is 0.128 e. The van der Waals surface area contributed by atoms with Gasteiger partial charge in [-0.2, -0.15) is 0 Å². The minimum Gasteiger partial charge on any atom is -0.378 e. The van der Waals surface area contributed by atoms with Crippen LogP contribution in [-0.2, 0) is 4.74 Å². The van der Waals surface area contributed by atoms with Gasteiger partial charge in [0.15, 0.2) is 0 Å². The predicted octanol–water partition coefficient (Wildman–Crippen LogP) is 2.37. The first-order chi connectivity index (χ1) is 8.52. The molecular weight excluding hydrogens is 231 g/mol. The highest BCUT2D eigenvalue weighted by atomic mass is 19.1. The minimum absolute atomic E-state index is 0.185. The van der Waals surface area contributed by atoms with E-state index in [1.807, 2.05) is 26.8 Å². The van der Waals surface area contributed by atoms with Crippen molar-refractivity contribution in [2.24, 2.45) is 11.8 Å². The molecule has 100 valence electrons. The van der Waals surface area contributed by atoms with E-state index in [0.717, 1.165) is 17.5 Å². The normalized spacial score (nSPS) is 25.4. The molecule has 1 heterocycles. The Morgan fingerprint density at radius 3 is 2.67 bits per heavy atom. The van der Waals surface area contributed by atoms with Gasteiger partial charge in [-0.05, 0) is 44.4 Å². The van der Waals surface area contributed by atoms with E-state index in [1.54, 1.807) is 6.07 Å². The summed E-state index contributed by atoms with van der Waals surface area (Å²) in [7, 11) is 0. The average molecular weight is 252 g/mol. The van der Waals surface area contributed by atoms with Gasteiger partial charge in [-0.25, -0.2) is 4.39 Å². The molecule has 1 aromatic rings. The van der Waals surface area contributed by atoms with Crippen LogP contribution in [0.2, 0.25) is 0 Å². The van der Waals surface area contributed by atoms with Gasteiger partial charge in [0, 0.05) is 11.5 Å². The zero-order valence-corrected chi connectivity index (χ0v) is 11.2. The van der Waals surface area contributed by atoms with Gasteiger partial charge in [-0.15, -0.1) is 0 Å². The first-order valence-corrected chi connectivity index (χ1v) is 6.37. The van der Waals surface area contributed by atoms with Crippen LogP contribution in [0, 0.1) is 25.6 Å². The second kappa shape index (κ2) is 5.34. The van der Waals surface area contributed by atoms with Crippen molar-refractivity contribution >= 4 is 0 Å². The number of halogens is 1. The Labute approximate surface area is 107 Å². The number of hydrogen-bond acceptors (Lipinski definition) is 3. The van der Waals surface area contributed by atoms with Gasteiger partial charge in [-0.3, -0.25) is 11.3 Å². The molecule has 3 unspecified atom stereocenters. The Kier molecular flexibility index (Phi) is 4.00. The van der Waals surface area contributed by atoms with Crippen LogP contribution in [0.4, 0.5) is 4.39 Å². The summed E-state index contributed by atoms with van der Waals surface area (Å²) in [5.41, 5.74) is 5.30. The van der Waals surface area contributed by atoms with Crippen LogP contribution < -0.4 is 11.3 Å². The number of hydrogen-bond donors (Lipinski definition) is 2. The summed E-state index contributed by atoms with van der Waals surface area (Å²) >= 11 is 0. The van der Waals surface area contributed by atoms with Crippen molar-refractivity contribution in [3.8, 4) is 0 Å². The number of ether oxygens (including phenoxy) is 1.